The molecule has 0 aliphatic rings. The van der Waals surface area contributed by atoms with Crippen LogP contribution in [0.2, 0.25) is 0 Å². The summed E-state index contributed by atoms with van der Waals surface area (Å²) < 4.78 is 0. The Balaban J connectivity index is 2.40. The lowest BCUT2D eigenvalue weighted by atomic mass is 10.1. The zero-order chi connectivity index (χ0) is 14.4. The summed E-state index contributed by atoms with van der Waals surface area (Å²) in [4.78, 5) is 4.54. The Bertz CT molecular complexity index is 639. The lowest BCUT2D eigenvalue weighted by Crippen LogP contribution is -2.01. The molecular weight excluding hydrogens is 268 g/mol. The summed E-state index contributed by atoms with van der Waals surface area (Å²) in [7, 11) is 0. The van der Waals surface area contributed by atoms with E-state index in [0.717, 1.165) is 11.1 Å². The molecule has 0 radical (unpaired) electrons. The number of hydrogen-bond donors (Lipinski definition) is 1. The first-order valence-electron chi connectivity index (χ1n) is 6.18. The van der Waals surface area contributed by atoms with Crippen LogP contribution >= 0.6 is 11.6 Å². The molecule has 0 spiro atoms. The summed E-state index contributed by atoms with van der Waals surface area (Å²) in [6, 6.07) is 19.5. The molecular formula is C17H15ClN2. The Morgan fingerprint density at radius 1 is 0.950 bits per heavy atom. The van der Waals surface area contributed by atoms with E-state index in [1.165, 1.54) is 0 Å². The van der Waals surface area contributed by atoms with Crippen LogP contribution in [0.1, 0.15) is 11.1 Å². The predicted octanol–water partition coefficient (Wildman–Crippen LogP) is 4.19. The molecule has 2 N–H and O–H groups in total. The molecule has 0 unspecified atom stereocenters. The second kappa shape index (κ2) is 6.73. The zero-order valence-corrected chi connectivity index (χ0v) is 11.7. The van der Waals surface area contributed by atoms with Crippen molar-refractivity contribution in [2.45, 2.75) is 0 Å². The Morgan fingerprint density at radius 3 is 1.95 bits per heavy atom. The van der Waals surface area contributed by atoms with Gasteiger partial charge in [-0.05, 0) is 11.6 Å². The maximum absolute atomic E-state index is 5.78. The minimum atomic E-state index is 0.188. The SMILES string of the molecule is C=C(/N=C(\C=C(/N)Cl)c1ccccc1)c1ccccc1. The van der Waals surface area contributed by atoms with Crippen molar-refractivity contribution in [1.29, 1.82) is 0 Å². The van der Waals surface area contributed by atoms with Gasteiger partial charge in [0.1, 0.15) is 5.16 Å². The maximum atomic E-state index is 5.78. The van der Waals surface area contributed by atoms with Crippen molar-refractivity contribution >= 4 is 23.0 Å². The molecule has 0 aliphatic carbocycles. The van der Waals surface area contributed by atoms with E-state index in [2.05, 4.69) is 11.6 Å². The van der Waals surface area contributed by atoms with Gasteiger partial charge in [-0.15, -0.1) is 0 Å². The molecule has 0 fully saturated rings. The summed E-state index contributed by atoms with van der Waals surface area (Å²) in [5.74, 6) is 0. The number of hydrogen-bond acceptors (Lipinski definition) is 2. The molecule has 2 aromatic rings. The Labute approximate surface area is 123 Å². The van der Waals surface area contributed by atoms with Crippen molar-refractivity contribution in [3.05, 3.63) is 89.6 Å². The lowest BCUT2D eigenvalue weighted by Gasteiger charge is -2.05. The molecule has 0 aliphatic heterocycles. The normalized spacial score (nSPS) is 12.2. The number of nitrogens with two attached hydrogens (primary N) is 1. The van der Waals surface area contributed by atoms with Gasteiger partial charge in [0.15, 0.2) is 0 Å². The molecule has 0 saturated heterocycles. The number of rotatable bonds is 4. The van der Waals surface area contributed by atoms with Gasteiger partial charge in [0.2, 0.25) is 0 Å². The van der Waals surface area contributed by atoms with Crippen molar-refractivity contribution in [1.82, 2.24) is 0 Å². The second-order valence-electron chi connectivity index (χ2n) is 4.21. The molecule has 0 saturated carbocycles. The third-order valence-electron chi connectivity index (χ3n) is 2.71. The van der Waals surface area contributed by atoms with Crippen LogP contribution in [0.3, 0.4) is 0 Å². The van der Waals surface area contributed by atoms with Gasteiger partial charge in [-0.1, -0.05) is 78.8 Å². The first-order valence-corrected chi connectivity index (χ1v) is 6.56. The fourth-order valence-corrected chi connectivity index (χ4v) is 1.86. The van der Waals surface area contributed by atoms with Crippen molar-refractivity contribution in [3.8, 4) is 0 Å². The fourth-order valence-electron chi connectivity index (χ4n) is 1.76. The van der Waals surface area contributed by atoms with Crippen molar-refractivity contribution in [3.63, 3.8) is 0 Å². The average molecular weight is 283 g/mol. The van der Waals surface area contributed by atoms with Gasteiger partial charge in [0.05, 0.1) is 11.4 Å². The summed E-state index contributed by atoms with van der Waals surface area (Å²) >= 11 is 5.78. The van der Waals surface area contributed by atoms with Gasteiger partial charge in [0.25, 0.3) is 0 Å². The average Bonchev–Trinajstić information content (AvgIpc) is 2.48. The van der Waals surface area contributed by atoms with Crippen LogP contribution < -0.4 is 5.73 Å². The quantitative estimate of drug-likeness (QED) is 0.663. The van der Waals surface area contributed by atoms with Gasteiger partial charge in [-0.25, -0.2) is 4.99 Å². The summed E-state index contributed by atoms with van der Waals surface area (Å²) in [6.45, 7) is 4.00. The van der Waals surface area contributed by atoms with Crippen LogP contribution in [0.15, 0.2) is 83.5 Å². The summed E-state index contributed by atoms with van der Waals surface area (Å²) in [5, 5.41) is 0.188. The number of aliphatic imine (C=N–C) groups is 1. The molecule has 100 valence electrons. The molecule has 0 amide bonds. The Hall–Kier alpha value is -2.32. The monoisotopic (exact) mass is 282 g/mol. The Morgan fingerprint density at radius 2 is 1.45 bits per heavy atom. The number of halogens is 1. The smallest absolute Gasteiger partial charge is 0.101 e. The van der Waals surface area contributed by atoms with Gasteiger partial charge < -0.3 is 5.73 Å². The van der Waals surface area contributed by atoms with Crippen molar-refractivity contribution in [2.75, 3.05) is 0 Å². The van der Waals surface area contributed by atoms with Gasteiger partial charge in [-0.2, -0.15) is 0 Å². The predicted molar refractivity (Wildman–Crippen MR) is 86.6 cm³/mol. The number of benzene rings is 2. The summed E-state index contributed by atoms with van der Waals surface area (Å²) in [5.41, 5.74) is 8.81. The highest BCUT2D eigenvalue weighted by Crippen LogP contribution is 2.16. The molecule has 0 bridgehead atoms. The molecule has 0 atom stereocenters. The van der Waals surface area contributed by atoms with E-state index >= 15 is 0 Å². The third-order valence-corrected chi connectivity index (χ3v) is 2.82. The zero-order valence-electron chi connectivity index (χ0n) is 11.0. The van der Waals surface area contributed by atoms with Gasteiger partial charge in [-0.3, -0.25) is 0 Å². The van der Waals surface area contributed by atoms with E-state index in [4.69, 9.17) is 17.3 Å². The van der Waals surface area contributed by atoms with Gasteiger partial charge >= 0.3 is 0 Å². The highest BCUT2D eigenvalue weighted by atomic mass is 35.5. The minimum Gasteiger partial charge on any atom is -0.389 e. The highest BCUT2D eigenvalue weighted by Gasteiger charge is 2.03. The van der Waals surface area contributed by atoms with E-state index in [9.17, 15) is 0 Å². The van der Waals surface area contributed by atoms with E-state index < -0.39 is 0 Å². The molecule has 3 heteroatoms. The van der Waals surface area contributed by atoms with Crippen LogP contribution in [-0.4, -0.2) is 5.71 Å². The molecule has 2 rings (SSSR count). The first kappa shape index (κ1) is 14.1. The largest absolute Gasteiger partial charge is 0.389 e. The molecule has 20 heavy (non-hydrogen) atoms. The van der Waals surface area contributed by atoms with E-state index in [-0.39, 0.29) is 5.16 Å². The van der Waals surface area contributed by atoms with E-state index in [1.54, 1.807) is 6.08 Å². The first-order chi connectivity index (χ1) is 9.66. The molecule has 2 nitrogen and oxygen atoms in total. The van der Waals surface area contributed by atoms with Crippen molar-refractivity contribution < 1.29 is 0 Å². The third kappa shape index (κ3) is 3.84. The maximum Gasteiger partial charge on any atom is 0.101 e. The number of allylic oxidation sites excluding steroid dienone is 1. The van der Waals surface area contributed by atoms with Crippen LogP contribution in [0.5, 0.6) is 0 Å². The molecule has 2 aromatic carbocycles. The topological polar surface area (TPSA) is 38.4 Å². The van der Waals surface area contributed by atoms with Crippen LogP contribution in [-0.2, 0) is 0 Å². The van der Waals surface area contributed by atoms with Crippen LogP contribution in [0, 0.1) is 0 Å². The fraction of sp³-hybridized carbons (Fsp3) is 0. The van der Waals surface area contributed by atoms with Crippen LogP contribution in [0.25, 0.3) is 5.70 Å². The molecule has 0 aromatic heterocycles. The minimum absolute atomic E-state index is 0.188. The highest BCUT2D eigenvalue weighted by molar-refractivity contribution is 6.31. The van der Waals surface area contributed by atoms with E-state index in [0.29, 0.717) is 11.4 Å². The second-order valence-corrected chi connectivity index (χ2v) is 4.64. The van der Waals surface area contributed by atoms with Crippen LogP contribution in [0.4, 0.5) is 0 Å². The van der Waals surface area contributed by atoms with Crippen molar-refractivity contribution in [2.24, 2.45) is 10.7 Å². The standard InChI is InChI=1S/C17H15ClN2/c1-13(14-8-4-2-5-9-14)20-16(12-17(18)19)15-10-6-3-7-11-15/h2-12H,1,19H2/b17-12-,20-16+. The lowest BCUT2D eigenvalue weighted by molar-refractivity contribution is 1.48. The van der Waals surface area contributed by atoms with Gasteiger partial charge in [0, 0.05) is 5.56 Å². The summed E-state index contributed by atoms with van der Waals surface area (Å²) in [6.07, 6.45) is 1.63. The molecule has 0 heterocycles. The van der Waals surface area contributed by atoms with E-state index in [1.807, 2.05) is 60.7 Å². The Kier molecular flexibility index (Phi) is 4.75. The number of nitrogens with zero attached hydrogens (tertiary/aromatic N) is 1.